The Kier molecular flexibility index (Phi) is 3.34. The van der Waals surface area contributed by atoms with Gasteiger partial charge in [0.05, 0.1) is 17.3 Å². The van der Waals surface area contributed by atoms with Crippen molar-refractivity contribution in [3.8, 4) is 0 Å². The maximum Gasteiger partial charge on any atom is 0.269 e. The van der Waals surface area contributed by atoms with Crippen LogP contribution in [-0.2, 0) is 12.4 Å². The Labute approximate surface area is 102 Å². The van der Waals surface area contributed by atoms with Gasteiger partial charge in [-0.05, 0) is 5.56 Å². The summed E-state index contributed by atoms with van der Waals surface area (Å²) in [5, 5.41) is 14.5. The predicted molar refractivity (Wildman–Crippen MR) is 61.8 cm³/mol. The van der Waals surface area contributed by atoms with E-state index in [0.717, 1.165) is 5.56 Å². The van der Waals surface area contributed by atoms with E-state index >= 15 is 0 Å². The summed E-state index contributed by atoms with van der Waals surface area (Å²) in [5.74, 6) is 0.956. The van der Waals surface area contributed by atoms with Gasteiger partial charge in [0, 0.05) is 12.1 Å². The highest BCUT2D eigenvalue weighted by Gasteiger charge is 2.06. The molecule has 2 aromatic rings. The molecule has 0 spiro atoms. The van der Waals surface area contributed by atoms with Gasteiger partial charge < -0.3 is 0 Å². The number of alkyl halides is 1. The van der Waals surface area contributed by atoms with E-state index in [1.165, 1.54) is 18.5 Å². The van der Waals surface area contributed by atoms with Gasteiger partial charge in [0.25, 0.3) is 5.69 Å². The number of nitro groups is 1. The van der Waals surface area contributed by atoms with Crippen LogP contribution in [0.5, 0.6) is 0 Å². The largest absolute Gasteiger partial charge is 0.269 e. The summed E-state index contributed by atoms with van der Waals surface area (Å²) in [4.78, 5) is 14.1. The molecule has 0 fully saturated rings. The van der Waals surface area contributed by atoms with Crippen LogP contribution in [0.2, 0.25) is 0 Å². The molecule has 0 aliphatic heterocycles. The Bertz CT molecular complexity index is 523. The third-order valence-corrected chi connectivity index (χ3v) is 2.53. The highest BCUT2D eigenvalue weighted by molar-refractivity contribution is 6.16. The lowest BCUT2D eigenvalue weighted by molar-refractivity contribution is -0.384. The van der Waals surface area contributed by atoms with Crippen molar-refractivity contribution in [1.29, 1.82) is 0 Å². The number of benzene rings is 1. The second-order valence-electron chi connectivity index (χ2n) is 3.39. The second kappa shape index (κ2) is 4.92. The van der Waals surface area contributed by atoms with E-state index in [0.29, 0.717) is 12.4 Å². The Morgan fingerprint density at radius 3 is 2.65 bits per heavy atom. The lowest BCUT2D eigenvalue weighted by Crippen LogP contribution is -2.05. The van der Waals surface area contributed by atoms with Crippen LogP contribution in [0.1, 0.15) is 11.4 Å². The van der Waals surface area contributed by atoms with Crippen molar-refractivity contribution in [3.05, 3.63) is 52.1 Å². The lowest BCUT2D eigenvalue weighted by Gasteiger charge is -2.03. The summed E-state index contributed by atoms with van der Waals surface area (Å²) < 4.78 is 1.66. The number of nitrogens with zero attached hydrogens (tertiary/aromatic N) is 4. The molecule has 0 N–H and O–H groups in total. The molecule has 0 atom stereocenters. The first kappa shape index (κ1) is 11.5. The maximum absolute atomic E-state index is 10.5. The van der Waals surface area contributed by atoms with Crippen LogP contribution in [-0.4, -0.2) is 19.7 Å². The summed E-state index contributed by atoms with van der Waals surface area (Å²) in [5.41, 5.74) is 0.984. The van der Waals surface area contributed by atoms with Gasteiger partial charge in [-0.15, -0.1) is 11.6 Å². The van der Waals surface area contributed by atoms with Crippen LogP contribution < -0.4 is 0 Å². The number of non-ortho nitro benzene ring substituents is 1. The van der Waals surface area contributed by atoms with Crippen LogP contribution in [0.4, 0.5) is 5.69 Å². The minimum atomic E-state index is -0.427. The highest BCUT2D eigenvalue weighted by atomic mass is 35.5. The Hall–Kier alpha value is -1.95. The van der Waals surface area contributed by atoms with E-state index in [4.69, 9.17) is 11.6 Å². The van der Waals surface area contributed by atoms with E-state index in [-0.39, 0.29) is 11.6 Å². The van der Waals surface area contributed by atoms with Crippen LogP contribution in [0, 0.1) is 10.1 Å². The molecule has 0 aliphatic carbocycles. The maximum atomic E-state index is 10.5. The molecule has 0 saturated heterocycles. The zero-order chi connectivity index (χ0) is 12.3. The number of nitro benzene ring substituents is 1. The number of halogens is 1. The molecule has 0 unspecified atom stereocenters. The Morgan fingerprint density at radius 2 is 2.06 bits per heavy atom. The molecule has 17 heavy (non-hydrogen) atoms. The number of rotatable bonds is 4. The molecular weight excluding hydrogens is 244 g/mol. The zero-order valence-electron chi connectivity index (χ0n) is 8.78. The number of hydrogen-bond acceptors (Lipinski definition) is 4. The fourth-order valence-electron chi connectivity index (χ4n) is 1.42. The number of hydrogen-bond donors (Lipinski definition) is 0. The molecule has 1 aromatic carbocycles. The van der Waals surface area contributed by atoms with Crippen molar-refractivity contribution in [2.75, 3.05) is 0 Å². The molecule has 0 saturated carbocycles. The molecule has 1 aromatic heterocycles. The van der Waals surface area contributed by atoms with Gasteiger partial charge >= 0.3 is 0 Å². The Balaban J connectivity index is 2.16. The highest BCUT2D eigenvalue weighted by Crippen LogP contribution is 2.13. The quantitative estimate of drug-likeness (QED) is 0.474. The predicted octanol–water partition coefficient (Wildman–Crippen LogP) is 1.97. The normalized spacial score (nSPS) is 10.4. The number of aromatic nitrogens is 3. The first-order chi connectivity index (χ1) is 8.20. The van der Waals surface area contributed by atoms with Crippen LogP contribution in [0.25, 0.3) is 0 Å². The molecule has 0 radical (unpaired) electrons. The molecule has 6 nitrogen and oxygen atoms in total. The summed E-state index contributed by atoms with van der Waals surface area (Å²) >= 11 is 5.69. The molecule has 2 rings (SSSR count). The van der Waals surface area contributed by atoms with Gasteiger partial charge in [0.1, 0.15) is 12.2 Å². The van der Waals surface area contributed by atoms with E-state index in [1.54, 1.807) is 16.8 Å². The van der Waals surface area contributed by atoms with Crippen LogP contribution >= 0.6 is 11.6 Å². The van der Waals surface area contributed by atoms with Crippen LogP contribution in [0.3, 0.4) is 0 Å². The van der Waals surface area contributed by atoms with Gasteiger partial charge in [-0.25, -0.2) is 9.67 Å². The average Bonchev–Trinajstić information content (AvgIpc) is 2.77. The summed E-state index contributed by atoms with van der Waals surface area (Å²) in [6, 6.07) is 6.31. The van der Waals surface area contributed by atoms with Gasteiger partial charge in [-0.3, -0.25) is 10.1 Å². The monoisotopic (exact) mass is 252 g/mol. The van der Waals surface area contributed by atoms with E-state index < -0.39 is 4.92 Å². The van der Waals surface area contributed by atoms with Gasteiger partial charge in [0.2, 0.25) is 0 Å². The Morgan fingerprint density at radius 1 is 1.35 bits per heavy atom. The average molecular weight is 253 g/mol. The van der Waals surface area contributed by atoms with Crippen molar-refractivity contribution in [1.82, 2.24) is 14.8 Å². The minimum absolute atomic E-state index is 0.0740. The van der Waals surface area contributed by atoms with E-state index in [9.17, 15) is 10.1 Å². The van der Waals surface area contributed by atoms with E-state index in [2.05, 4.69) is 10.1 Å². The van der Waals surface area contributed by atoms with E-state index in [1.807, 2.05) is 0 Å². The molecule has 0 bridgehead atoms. The van der Waals surface area contributed by atoms with Gasteiger partial charge in [-0.1, -0.05) is 12.1 Å². The minimum Gasteiger partial charge on any atom is -0.258 e. The molecule has 7 heteroatoms. The van der Waals surface area contributed by atoms with Gasteiger partial charge in [0.15, 0.2) is 0 Å². The third kappa shape index (κ3) is 2.59. The molecule has 0 amide bonds. The fraction of sp³-hybridized carbons (Fsp3) is 0.200. The van der Waals surface area contributed by atoms with Crippen molar-refractivity contribution < 1.29 is 4.92 Å². The molecule has 88 valence electrons. The zero-order valence-corrected chi connectivity index (χ0v) is 9.54. The van der Waals surface area contributed by atoms with Crippen molar-refractivity contribution >= 4 is 17.3 Å². The summed E-state index contributed by atoms with van der Waals surface area (Å²) in [6.07, 6.45) is 1.43. The second-order valence-corrected chi connectivity index (χ2v) is 3.66. The molecule has 1 heterocycles. The van der Waals surface area contributed by atoms with Crippen molar-refractivity contribution in [2.24, 2.45) is 0 Å². The smallest absolute Gasteiger partial charge is 0.258 e. The SMILES string of the molecule is O=[N+]([O-])c1ccc(Cn2ncnc2CCl)cc1. The fourth-order valence-corrected chi connectivity index (χ4v) is 1.63. The first-order valence-corrected chi connectivity index (χ1v) is 5.40. The first-order valence-electron chi connectivity index (χ1n) is 4.86. The molecular formula is C10H9ClN4O2. The topological polar surface area (TPSA) is 73.8 Å². The van der Waals surface area contributed by atoms with Crippen molar-refractivity contribution in [3.63, 3.8) is 0 Å². The standard InChI is InChI=1S/C10H9ClN4O2/c11-5-10-12-7-13-14(10)6-8-1-3-9(4-2-8)15(16)17/h1-4,7H,5-6H2. The third-order valence-electron chi connectivity index (χ3n) is 2.29. The van der Waals surface area contributed by atoms with Crippen LogP contribution in [0.15, 0.2) is 30.6 Å². The summed E-state index contributed by atoms with van der Waals surface area (Å²) in [6.45, 7) is 0.500. The molecule has 0 aliphatic rings. The summed E-state index contributed by atoms with van der Waals surface area (Å²) in [7, 11) is 0. The van der Waals surface area contributed by atoms with Crippen molar-refractivity contribution in [2.45, 2.75) is 12.4 Å². The lowest BCUT2D eigenvalue weighted by atomic mass is 10.2. The van der Waals surface area contributed by atoms with Gasteiger partial charge in [-0.2, -0.15) is 5.10 Å².